The van der Waals surface area contributed by atoms with Crippen LogP contribution in [0.3, 0.4) is 0 Å². The van der Waals surface area contributed by atoms with Gasteiger partial charge in [0.2, 0.25) is 0 Å². The zero-order valence-electron chi connectivity index (χ0n) is 34.3. The highest BCUT2D eigenvalue weighted by Gasteiger charge is 2.13. The van der Waals surface area contributed by atoms with Crippen molar-refractivity contribution in [3.63, 3.8) is 0 Å². The number of ether oxygens (including phenoxy) is 2. The summed E-state index contributed by atoms with van der Waals surface area (Å²) in [6.07, 6.45) is 61.0. The molecule has 0 heterocycles. The second kappa shape index (κ2) is 45.0. The predicted molar refractivity (Wildman–Crippen MR) is 228 cm³/mol. The largest absolute Gasteiger partial charge is 0.457 e. The van der Waals surface area contributed by atoms with Gasteiger partial charge in [-0.05, 0) is 83.5 Å². The van der Waals surface area contributed by atoms with Crippen molar-refractivity contribution in [1.82, 2.24) is 0 Å². The third-order valence-electron chi connectivity index (χ3n) is 9.27. The molecule has 0 radical (unpaired) electrons. The highest BCUT2D eigenvalue weighted by molar-refractivity contribution is 5.69. The number of allylic oxidation sites excluding steroid dienone is 12. The first-order valence-electron chi connectivity index (χ1n) is 22.0. The van der Waals surface area contributed by atoms with Gasteiger partial charge in [-0.2, -0.15) is 0 Å². The second-order valence-electron chi connectivity index (χ2n) is 14.4. The van der Waals surface area contributed by atoms with E-state index in [-0.39, 0.29) is 19.2 Å². The van der Waals surface area contributed by atoms with Crippen LogP contribution in [0.2, 0.25) is 0 Å². The smallest absolute Gasteiger partial charge is 0.306 e. The van der Waals surface area contributed by atoms with Crippen LogP contribution in [0.25, 0.3) is 0 Å². The van der Waals surface area contributed by atoms with Gasteiger partial charge in [-0.3, -0.25) is 4.79 Å². The normalized spacial score (nSPS) is 13.1. The van der Waals surface area contributed by atoms with Crippen molar-refractivity contribution in [1.29, 1.82) is 0 Å². The summed E-state index contributed by atoms with van der Waals surface area (Å²) < 4.78 is 11.2. The molecule has 1 atom stereocenters. The van der Waals surface area contributed by atoms with Crippen LogP contribution in [0.5, 0.6) is 0 Å². The van der Waals surface area contributed by atoms with Crippen LogP contribution >= 0.6 is 0 Å². The van der Waals surface area contributed by atoms with Crippen LogP contribution < -0.4 is 0 Å². The van der Waals surface area contributed by atoms with Gasteiger partial charge in [0.1, 0.15) is 6.10 Å². The fraction of sp³-hybridized carbons (Fsp3) is 0.729. The summed E-state index contributed by atoms with van der Waals surface area (Å²) >= 11 is 0. The summed E-state index contributed by atoms with van der Waals surface area (Å²) in [5, 5.41) is 9.60. The Labute approximate surface area is 323 Å². The molecule has 0 saturated carbocycles. The molecular weight excluding hydrogens is 641 g/mol. The number of unbranched alkanes of at least 4 members (excludes halogenated alkanes) is 20. The predicted octanol–water partition coefficient (Wildman–Crippen LogP) is 14.6. The summed E-state index contributed by atoms with van der Waals surface area (Å²) in [6.45, 7) is 5.21. The van der Waals surface area contributed by atoms with E-state index in [0.717, 1.165) is 51.4 Å². The Kier molecular flexibility index (Phi) is 43.1. The summed E-state index contributed by atoms with van der Waals surface area (Å²) in [7, 11) is 0. The Morgan fingerprint density at radius 3 is 1.33 bits per heavy atom. The van der Waals surface area contributed by atoms with E-state index >= 15 is 0 Å². The van der Waals surface area contributed by atoms with Crippen molar-refractivity contribution in [2.24, 2.45) is 0 Å². The maximum absolute atomic E-state index is 12.2. The quantitative estimate of drug-likeness (QED) is 0.0388. The molecule has 0 fully saturated rings. The minimum absolute atomic E-state index is 0.179. The van der Waals surface area contributed by atoms with Crippen LogP contribution in [-0.4, -0.2) is 37.0 Å². The average molecular weight is 725 g/mol. The topological polar surface area (TPSA) is 55.8 Å². The lowest BCUT2D eigenvalue weighted by atomic mass is 10.1. The zero-order chi connectivity index (χ0) is 37.7. The second-order valence-corrected chi connectivity index (χ2v) is 14.4. The summed E-state index contributed by atoms with van der Waals surface area (Å²) in [5.41, 5.74) is 0. The minimum Gasteiger partial charge on any atom is -0.457 e. The Morgan fingerprint density at radius 1 is 0.481 bits per heavy atom. The van der Waals surface area contributed by atoms with Crippen LogP contribution in [0.15, 0.2) is 72.9 Å². The van der Waals surface area contributed by atoms with Gasteiger partial charge in [-0.25, -0.2) is 0 Å². The molecule has 1 N–H and O–H groups in total. The maximum atomic E-state index is 12.2. The van der Waals surface area contributed by atoms with Crippen LogP contribution in [0, 0.1) is 0 Å². The fourth-order valence-corrected chi connectivity index (χ4v) is 6.00. The molecule has 4 heteroatoms. The molecule has 0 aromatic heterocycles. The molecule has 4 nitrogen and oxygen atoms in total. The van der Waals surface area contributed by atoms with Crippen molar-refractivity contribution in [2.75, 3.05) is 19.8 Å². The molecule has 0 aromatic carbocycles. The van der Waals surface area contributed by atoms with Crippen molar-refractivity contribution in [3.05, 3.63) is 72.9 Å². The van der Waals surface area contributed by atoms with E-state index < -0.39 is 6.10 Å². The van der Waals surface area contributed by atoms with Crippen molar-refractivity contribution in [2.45, 2.75) is 206 Å². The molecule has 0 bridgehead atoms. The highest BCUT2D eigenvalue weighted by Crippen LogP contribution is 2.13. The van der Waals surface area contributed by atoms with Crippen LogP contribution in [-0.2, 0) is 14.3 Å². The van der Waals surface area contributed by atoms with Crippen LogP contribution in [0.4, 0.5) is 0 Å². The molecule has 0 aromatic rings. The van der Waals surface area contributed by atoms with Crippen molar-refractivity contribution >= 4 is 5.97 Å². The molecule has 0 saturated heterocycles. The Morgan fingerprint density at radius 2 is 0.865 bits per heavy atom. The molecule has 52 heavy (non-hydrogen) atoms. The molecule has 0 spiro atoms. The van der Waals surface area contributed by atoms with Crippen molar-refractivity contribution in [3.8, 4) is 0 Å². The Bertz CT molecular complexity index is 896. The van der Waals surface area contributed by atoms with Gasteiger partial charge < -0.3 is 14.6 Å². The van der Waals surface area contributed by atoms with Gasteiger partial charge >= 0.3 is 5.97 Å². The van der Waals surface area contributed by atoms with Gasteiger partial charge in [-0.1, -0.05) is 183 Å². The van der Waals surface area contributed by atoms with Gasteiger partial charge in [0.15, 0.2) is 0 Å². The number of esters is 1. The summed E-state index contributed by atoms with van der Waals surface area (Å²) in [6, 6.07) is 0. The van der Waals surface area contributed by atoms with E-state index in [1.54, 1.807) is 0 Å². The molecular formula is C48H84O4. The van der Waals surface area contributed by atoms with Gasteiger partial charge in [0, 0.05) is 13.0 Å². The number of rotatable bonds is 40. The van der Waals surface area contributed by atoms with E-state index in [1.807, 2.05) is 0 Å². The lowest BCUT2D eigenvalue weighted by Crippen LogP contribution is -2.27. The third-order valence-corrected chi connectivity index (χ3v) is 9.27. The van der Waals surface area contributed by atoms with E-state index in [2.05, 4.69) is 86.8 Å². The number of carbonyl (C=O) groups is 1. The maximum Gasteiger partial charge on any atom is 0.306 e. The Balaban J connectivity index is 3.48. The first-order chi connectivity index (χ1) is 25.7. The molecule has 1 unspecified atom stereocenters. The molecule has 0 aliphatic carbocycles. The van der Waals surface area contributed by atoms with Crippen LogP contribution in [0.1, 0.15) is 200 Å². The van der Waals surface area contributed by atoms with E-state index in [9.17, 15) is 9.90 Å². The lowest BCUT2D eigenvalue weighted by Gasteiger charge is -2.15. The number of carbonyl (C=O) groups excluding carboxylic acids is 1. The first-order valence-corrected chi connectivity index (χ1v) is 22.0. The first kappa shape index (κ1) is 49.8. The molecule has 0 amide bonds. The van der Waals surface area contributed by atoms with Gasteiger partial charge in [-0.15, -0.1) is 0 Å². The molecule has 0 aliphatic rings. The van der Waals surface area contributed by atoms with Gasteiger partial charge in [0.25, 0.3) is 0 Å². The SMILES string of the molecule is CC/C=C\C/C=C\C/C=C\C/C=C\C/C=C\CCCCCCCCCCCC(=O)OC(CO)COCCCCCCCC/C=C\CCCCCCC. The van der Waals surface area contributed by atoms with Gasteiger partial charge in [0.05, 0.1) is 13.2 Å². The monoisotopic (exact) mass is 725 g/mol. The number of hydrogen-bond donors (Lipinski definition) is 1. The Hall–Kier alpha value is -2.17. The van der Waals surface area contributed by atoms with Crippen molar-refractivity contribution < 1.29 is 19.4 Å². The summed E-state index contributed by atoms with van der Waals surface area (Å²) in [4.78, 5) is 12.2. The average Bonchev–Trinajstić information content (AvgIpc) is 3.15. The van der Waals surface area contributed by atoms with E-state index in [1.165, 1.54) is 128 Å². The number of aliphatic hydroxyl groups is 1. The highest BCUT2D eigenvalue weighted by atomic mass is 16.6. The molecule has 0 rings (SSSR count). The lowest BCUT2D eigenvalue weighted by molar-refractivity contribution is -0.154. The minimum atomic E-state index is -0.544. The fourth-order valence-electron chi connectivity index (χ4n) is 6.00. The van der Waals surface area contributed by atoms with E-state index in [0.29, 0.717) is 13.0 Å². The number of aliphatic hydroxyl groups excluding tert-OH is 1. The zero-order valence-corrected chi connectivity index (χ0v) is 34.3. The summed E-state index contributed by atoms with van der Waals surface area (Å²) in [5.74, 6) is -0.211. The molecule has 300 valence electrons. The third kappa shape index (κ3) is 42.2. The standard InChI is InChI=1S/C48H84O4/c1-3-5-7-9-11-13-15-17-19-20-21-22-23-24-25-26-27-28-29-31-33-35-37-39-41-43-48(50)52-47(45-49)46-51-44-42-40-38-36-34-32-30-18-16-14-12-10-8-6-4-2/h5,7,11,13,16-19,21-22,24-25,47,49H,3-4,6,8-10,12,14-15,20,23,26-46H2,1-2H3/b7-5-,13-11-,18-16-,19-17-,22-21-,25-24-. The molecule has 0 aliphatic heterocycles. The van der Waals surface area contributed by atoms with E-state index in [4.69, 9.17) is 9.47 Å². The number of hydrogen-bond acceptors (Lipinski definition) is 4.